The van der Waals surface area contributed by atoms with E-state index in [4.69, 9.17) is 14.2 Å². The monoisotopic (exact) mass is 419 g/mol. The highest BCUT2D eigenvalue weighted by Gasteiger charge is 2.31. The molecule has 0 spiro atoms. The van der Waals surface area contributed by atoms with Crippen LogP contribution in [0.3, 0.4) is 0 Å². The van der Waals surface area contributed by atoms with Crippen molar-refractivity contribution < 1.29 is 19.0 Å². The maximum absolute atomic E-state index is 12.5. The molecule has 0 atom stereocenters. The predicted octanol–water partition coefficient (Wildman–Crippen LogP) is 3.59. The molecule has 0 aliphatic carbocycles. The Hall–Kier alpha value is -1.63. The van der Waals surface area contributed by atoms with Gasteiger partial charge in [-0.1, -0.05) is 30.3 Å². The molecule has 2 saturated heterocycles. The number of likely N-dealkylation sites (tertiary alicyclic amines) is 1. The third kappa shape index (κ3) is 3.72. The zero-order chi connectivity index (χ0) is 17.9. The molecule has 2 aromatic carbocycles. The number of fused-ring (bicyclic) bond motifs is 1. The summed E-state index contributed by atoms with van der Waals surface area (Å²) in [7, 11) is 0. The van der Waals surface area contributed by atoms with Crippen molar-refractivity contribution in [3.05, 3.63) is 40.9 Å². The molecular formula is C20H22BrNO4. The van der Waals surface area contributed by atoms with Gasteiger partial charge in [-0.05, 0) is 45.6 Å². The van der Waals surface area contributed by atoms with Gasteiger partial charge >= 0.3 is 0 Å². The molecule has 1 amide bonds. The minimum Gasteiger partial charge on any atom is -0.483 e. The number of carbonyl (C=O) groups excluding carboxylic acids is 1. The van der Waals surface area contributed by atoms with Gasteiger partial charge in [0.15, 0.2) is 12.9 Å². The number of nitrogens with zero attached hydrogens (tertiary/aromatic N) is 1. The van der Waals surface area contributed by atoms with Crippen LogP contribution in [-0.2, 0) is 14.3 Å². The first-order valence-electron chi connectivity index (χ1n) is 9.03. The molecule has 2 aliphatic heterocycles. The Kier molecular flexibility index (Phi) is 5.43. The van der Waals surface area contributed by atoms with Gasteiger partial charge in [0.25, 0.3) is 5.91 Å². The Balaban J connectivity index is 1.32. The van der Waals surface area contributed by atoms with E-state index in [1.165, 1.54) is 0 Å². The zero-order valence-electron chi connectivity index (χ0n) is 14.5. The molecule has 26 heavy (non-hydrogen) atoms. The molecule has 0 N–H and O–H groups in total. The van der Waals surface area contributed by atoms with E-state index in [2.05, 4.69) is 22.0 Å². The van der Waals surface area contributed by atoms with Gasteiger partial charge in [-0.2, -0.15) is 0 Å². The van der Waals surface area contributed by atoms with E-state index in [0.29, 0.717) is 24.9 Å². The Labute approximate surface area is 161 Å². The fraction of sp³-hybridized carbons (Fsp3) is 0.450. The molecule has 0 radical (unpaired) electrons. The Bertz CT molecular complexity index is 782. The van der Waals surface area contributed by atoms with Crippen LogP contribution in [0.25, 0.3) is 10.8 Å². The predicted molar refractivity (Wildman–Crippen MR) is 102 cm³/mol. The van der Waals surface area contributed by atoms with Crippen LogP contribution >= 0.6 is 15.9 Å². The molecule has 138 valence electrons. The van der Waals surface area contributed by atoms with Crippen molar-refractivity contribution in [3.8, 4) is 5.75 Å². The standard InChI is InChI=1S/C20H22BrNO4/c21-19-16-4-2-1-3-14(16)5-6-17(19)26-13-18(23)22-9-7-15(8-10-22)20-24-11-12-25-20/h1-6,15,20H,7-13H2. The second-order valence-corrected chi connectivity index (χ2v) is 7.51. The molecular weight excluding hydrogens is 398 g/mol. The first-order valence-corrected chi connectivity index (χ1v) is 9.83. The van der Waals surface area contributed by atoms with E-state index in [9.17, 15) is 4.79 Å². The molecule has 2 aromatic rings. The number of piperidine rings is 1. The van der Waals surface area contributed by atoms with Gasteiger partial charge in [0.05, 0.1) is 17.7 Å². The van der Waals surface area contributed by atoms with Crippen LogP contribution < -0.4 is 4.74 Å². The SMILES string of the molecule is O=C(COc1ccc2ccccc2c1Br)N1CCC(C2OCCO2)CC1. The summed E-state index contributed by atoms with van der Waals surface area (Å²) in [6, 6.07) is 12.0. The van der Waals surface area contributed by atoms with Crippen molar-refractivity contribution >= 4 is 32.6 Å². The fourth-order valence-corrected chi connectivity index (χ4v) is 4.23. The van der Waals surface area contributed by atoms with E-state index in [1.807, 2.05) is 35.2 Å². The highest BCUT2D eigenvalue weighted by Crippen LogP contribution is 2.33. The molecule has 6 heteroatoms. The van der Waals surface area contributed by atoms with Crippen molar-refractivity contribution in [2.45, 2.75) is 19.1 Å². The van der Waals surface area contributed by atoms with Crippen molar-refractivity contribution in [1.82, 2.24) is 4.90 Å². The minimum absolute atomic E-state index is 0.0248. The van der Waals surface area contributed by atoms with Crippen LogP contribution in [0.15, 0.2) is 40.9 Å². The summed E-state index contributed by atoms with van der Waals surface area (Å²) in [5.74, 6) is 1.11. The average Bonchev–Trinajstić information content (AvgIpc) is 3.22. The van der Waals surface area contributed by atoms with Crippen molar-refractivity contribution in [2.75, 3.05) is 32.9 Å². The van der Waals surface area contributed by atoms with E-state index < -0.39 is 0 Å². The van der Waals surface area contributed by atoms with E-state index >= 15 is 0 Å². The Morgan fingerprint density at radius 1 is 1.12 bits per heavy atom. The first-order chi connectivity index (χ1) is 12.7. The summed E-state index contributed by atoms with van der Waals surface area (Å²) in [6.07, 6.45) is 1.74. The first kappa shape index (κ1) is 17.8. The van der Waals surface area contributed by atoms with Crippen molar-refractivity contribution in [1.29, 1.82) is 0 Å². The maximum atomic E-state index is 12.5. The normalized spacial score (nSPS) is 19.2. The summed E-state index contributed by atoms with van der Waals surface area (Å²) >= 11 is 3.60. The molecule has 0 saturated carbocycles. The van der Waals surface area contributed by atoms with Crippen LogP contribution in [0.1, 0.15) is 12.8 Å². The molecule has 0 unspecified atom stereocenters. The van der Waals surface area contributed by atoms with Gasteiger partial charge in [-0.15, -0.1) is 0 Å². The molecule has 5 nitrogen and oxygen atoms in total. The van der Waals surface area contributed by atoms with Gasteiger partial charge in [0.1, 0.15) is 5.75 Å². The number of halogens is 1. The molecule has 0 aromatic heterocycles. The highest BCUT2D eigenvalue weighted by atomic mass is 79.9. The molecule has 2 aliphatic rings. The summed E-state index contributed by atoms with van der Waals surface area (Å²) < 4.78 is 17.9. The van der Waals surface area contributed by atoms with Crippen LogP contribution in [0.2, 0.25) is 0 Å². The lowest BCUT2D eigenvalue weighted by Gasteiger charge is -2.33. The zero-order valence-corrected chi connectivity index (χ0v) is 16.1. The minimum atomic E-state index is -0.0861. The van der Waals surface area contributed by atoms with Crippen LogP contribution in [0.5, 0.6) is 5.75 Å². The quantitative estimate of drug-likeness (QED) is 0.759. The van der Waals surface area contributed by atoms with Gasteiger partial charge in [0, 0.05) is 19.0 Å². The topological polar surface area (TPSA) is 48.0 Å². The van der Waals surface area contributed by atoms with Gasteiger partial charge in [-0.25, -0.2) is 0 Å². The number of benzene rings is 2. The number of amides is 1. The lowest BCUT2D eigenvalue weighted by atomic mass is 9.96. The van der Waals surface area contributed by atoms with Crippen molar-refractivity contribution in [2.24, 2.45) is 5.92 Å². The summed E-state index contributed by atoms with van der Waals surface area (Å²) in [4.78, 5) is 14.4. The fourth-order valence-electron chi connectivity index (χ4n) is 3.63. The summed E-state index contributed by atoms with van der Waals surface area (Å²) in [5, 5.41) is 2.21. The van der Waals surface area contributed by atoms with Gasteiger partial charge in [0.2, 0.25) is 0 Å². The van der Waals surface area contributed by atoms with Crippen LogP contribution in [0.4, 0.5) is 0 Å². The van der Waals surface area contributed by atoms with Crippen molar-refractivity contribution in [3.63, 3.8) is 0 Å². The van der Waals surface area contributed by atoms with Crippen LogP contribution in [-0.4, -0.2) is 50.0 Å². The van der Waals surface area contributed by atoms with Gasteiger partial charge < -0.3 is 19.1 Å². The lowest BCUT2D eigenvalue weighted by molar-refractivity contribution is -0.138. The number of rotatable bonds is 4. The Morgan fingerprint density at radius 3 is 2.62 bits per heavy atom. The molecule has 2 fully saturated rings. The summed E-state index contributed by atoms with van der Waals surface area (Å²) in [6.45, 7) is 2.87. The second-order valence-electron chi connectivity index (χ2n) is 6.72. The molecule has 2 heterocycles. The third-order valence-electron chi connectivity index (χ3n) is 5.10. The van der Waals surface area contributed by atoms with E-state index in [0.717, 1.165) is 41.2 Å². The third-order valence-corrected chi connectivity index (χ3v) is 5.92. The maximum Gasteiger partial charge on any atom is 0.260 e. The lowest BCUT2D eigenvalue weighted by Crippen LogP contribution is -2.43. The van der Waals surface area contributed by atoms with E-state index in [-0.39, 0.29) is 18.8 Å². The average molecular weight is 420 g/mol. The Morgan fingerprint density at radius 2 is 1.85 bits per heavy atom. The second kappa shape index (κ2) is 7.94. The number of ether oxygens (including phenoxy) is 3. The molecule has 4 rings (SSSR count). The van der Waals surface area contributed by atoms with Crippen LogP contribution in [0, 0.1) is 5.92 Å². The highest BCUT2D eigenvalue weighted by molar-refractivity contribution is 9.10. The summed E-state index contributed by atoms with van der Waals surface area (Å²) in [5.41, 5.74) is 0. The van der Waals surface area contributed by atoms with E-state index in [1.54, 1.807) is 0 Å². The number of hydrogen-bond donors (Lipinski definition) is 0. The number of carbonyl (C=O) groups is 1. The smallest absolute Gasteiger partial charge is 0.260 e. The largest absolute Gasteiger partial charge is 0.483 e. The number of hydrogen-bond acceptors (Lipinski definition) is 4. The van der Waals surface area contributed by atoms with Gasteiger partial charge in [-0.3, -0.25) is 4.79 Å². The molecule has 0 bridgehead atoms.